The Balaban J connectivity index is 2.69. The second-order valence-electron chi connectivity index (χ2n) is 7.85. The minimum atomic E-state index is -4.47. The molecule has 0 aliphatic heterocycles. The van der Waals surface area contributed by atoms with Crippen LogP contribution in [-0.4, -0.2) is 41.4 Å². The zero-order chi connectivity index (χ0) is 21.0. The Kier molecular flexibility index (Phi) is 7.01. The van der Waals surface area contributed by atoms with E-state index >= 15 is 0 Å². The Bertz CT molecular complexity index is 789. The predicted molar refractivity (Wildman–Crippen MR) is 112 cm³/mol. The maximum Gasteiger partial charge on any atom is 0.328 e. The minimum absolute atomic E-state index is 0.415. The fourth-order valence-corrected chi connectivity index (χ4v) is 9.10. The molecule has 0 saturated carbocycles. The Labute approximate surface area is 166 Å². The van der Waals surface area contributed by atoms with Gasteiger partial charge in [-0.2, -0.15) is 0 Å². The van der Waals surface area contributed by atoms with Crippen LogP contribution in [0.4, 0.5) is 0 Å². The molecule has 0 spiro atoms. The molecule has 152 valence electrons. The van der Waals surface area contributed by atoms with Crippen molar-refractivity contribution < 1.29 is 28.7 Å². The first kappa shape index (κ1) is 22.5. The lowest BCUT2D eigenvalue weighted by atomic mass is 10.2. The van der Waals surface area contributed by atoms with E-state index in [1.54, 1.807) is 0 Å². The van der Waals surface area contributed by atoms with Gasteiger partial charge < -0.3 is 19.3 Å². The molecule has 28 heavy (non-hydrogen) atoms. The molecule has 0 heterocycles. The van der Waals surface area contributed by atoms with E-state index in [0.29, 0.717) is 0 Å². The number of rotatable bonds is 8. The first-order valence-corrected chi connectivity index (χ1v) is 12.7. The molecule has 0 aliphatic rings. The Morgan fingerprint density at radius 2 is 1.43 bits per heavy atom. The molecule has 0 bridgehead atoms. The molecule has 2 aromatic rings. The van der Waals surface area contributed by atoms with Gasteiger partial charge in [-0.05, 0) is 15.4 Å². The van der Waals surface area contributed by atoms with Crippen LogP contribution >= 0.6 is 7.60 Å². The number of carboxylic acids is 1. The lowest BCUT2D eigenvalue weighted by Gasteiger charge is -2.45. The summed E-state index contributed by atoms with van der Waals surface area (Å²) in [6.07, 6.45) is -2.22. The van der Waals surface area contributed by atoms with Gasteiger partial charge in [0.15, 0.2) is 0 Å². The maximum atomic E-state index is 11.7. The van der Waals surface area contributed by atoms with Gasteiger partial charge in [0.05, 0.1) is 18.7 Å². The normalized spacial score (nSPS) is 13.9. The second kappa shape index (κ2) is 8.72. The summed E-state index contributed by atoms with van der Waals surface area (Å²) in [5, 5.41) is 10.7. The summed E-state index contributed by atoms with van der Waals surface area (Å²) in [5.41, 5.74) is 0. The summed E-state index contributed by atoms with van der Waals surface area (Å²) >= 11 is 0. The molecular formula is C20H27O6PSi. The molecule has 1 unspecified atom stereocenters. The fourth-order valence-electron chi connectivity index (χ4n) is 3.54. The minimum Gasteiger partial charge on any atom is -0.481 e. The molecule has 0 aromatic heterocycles. The van der Waals surface area contributed by atoms with Crippen LogP contribution in [0.15, 0.2) is 60.7 Å². The third kappa shape index (κ3) is 5.40. The maximum absolute atomic E-state index is 11.7. The van der Waals surface area contributed by atoms with Gasteiger partial charge in [0.2, 0.25) is 0 Å². The number of benzene rings is 2. The number of hydrogen-bond acceptors (Lipinski definition) is 3. The number of carboxylic acid groups (broad SMARTS) is 1. The van der Waals surface area contributed by atoms with E-state index in [9.17, 15) is 24.3 Å². The van der Waals surface area contributed by atoms with Crippen molar-refractivity contribution in [1.82, 2.24) is 0 Å². The van der Waals surface area contributed by atoms with Crippen LogP contribution in [0.25, 0.3) is 0 Å². The molecule has 0 fully saturated rings. The zero-order valence-electron chi connectivity index (χ0n) is 16.3. The van der Waals surface area contributed by atoms with Crippen molar-refractivity contribution in [2.75, 3.05) is 6.16 Å². The summed E-state index contributed by atoms with van der Waals surface area (Å²) in [6, 6.07) is 19.1. The molecule has 2 aromatic carbocycles. The predicted octanol–water partition coefficient (Wildman–Crippen LogP) is 2.58. The largest absolute Gasteiger partial charge is 0.481 e. The van der Waals surface area contributed by atoms with Gasteiger partial charge in [0.1, 0.15) is 0 Å². The lowest BCUT2D eigenvalue weighted by molar-refractivity contribution is -0.138. The quantitative estimate of drug-likeness (QED) is 0.446. The molecule has 3 N–H and O–H groups in total. The molecule has 8 heteroatoms. The van der Waals surface area contributed by atoms with E-state index in [4.69, 9.17) is 4.43 Å². The smallest absolute Gasteiger partial charge is 0.328 e. The molecule has 2 rings (SSSR count). The fraction of sp³-hybridized carbons (Fsp3) is 0.350. The van der Waals surface area contributed by atoms with Gasteiger partial charge in [-0.1, -0.05) is 81.4 Å². The van der Waals surface area contributed by atoms with Crippen molar-refractivity contribution in [3.63, 3.8) is 0 Å². The SMILES string of the molecule is CC(C)(C)[Si](OC(CC(=O)O)CP(=O)(O)O)(c1ccccc1)c1ccccc1. The third-order valence-electron chi connectivity index (χ3n) is 4.60. The number of hydrogen-bond donors (Lipinski definition) is 3. The molecule has 0 radical (unpaired) electrons. The van der Waals surface area contributed by atoms with Gasteiger partial charge in [-0.3, -0.25) is 9.36 Å². The lowest BCUT2D eigenvalue weighted by Crippen LogP contribution is -2.68. The van der Waals surface area contributed by atoms with E-state index in [2.05, 4.69) is 0 Å². The first-order chi connectivity index (χ1) is 13.0. The summed E-state index contributed by atoms with van der Waals surface area (Å²) in [4.78, 5) is 30.4. The van der Waals surface area contributed by atoms with E-state index in [-0.39, 0.29) is 0 Å². The van der Waals surface area contributed by atoms with Gasteiger partial charge in [-0.15, -0.1) is 0 Å². The Morgan fingerprint density at radius 1 is 1.00 bits per heavy atom. The van der Waals surface area contributed by atoms with Gasteiger partial charge >= 0.3 is 13.6 Å². The van der Waals surface area contributed by atoms with E-state index < -0.39 is 45.6 Å². The van der Waals surface area contributed by atoms with Crippen LogP contribution in [0.5, 0.6) is 0 Å². The zero-order valence-corrected chi connectivity index (χ0v) is 18.2. The van der Waals surface area contributed by atoms with Gasteiger partial charge in [0, 0.05) is 0 Å². The average molecular weight is 422 g/mol. The first-order valence-electron chi connectivity index (χ1n) is 9.01. The summed E-state index contributed by atoms with van der Waals surface area (Å²) in [5.74, 6) is -1.16. The standard InChI is InChI=1S/C20H27O6PSi/c1-20(2,3)28(17-10-6-4-7-11-17,18-12-8-5-9-13-18)26-16(14-19(21)22)15-27(23,24)25/h4-13,16H,14-15H2,1-3H3,(H,21,22)(H2,23,24,25). The van der Waals surface area contributed by atoms with Crippen molar-refractivity contribution in [2.24, 2.45) is 0 Å². The van der Waals surface area contributed by atoms with Crippen LogP contribution in [-0.2, 0) is 13.8 Å². The van der Waals surface area contributed by atoms with Crippen LogP contribution in [0.1, 0.15) is 27.2 Å². The van der Waals surface area contributed by atoms with Crippen molar-refractivity contribution in [2.45, 2.75) is 38.3 Å². The van der Waals surface area contributed by atoms with Gasteiger partial charge in [-0.25, -0.2) is 0 Å². The summed E-state index contributed by atoms with van der Waals surface area (Å²) in [6.45, 7) is 6.07. The number of aliphatic carboxylic acids is 1. The molecule has 0 saturated heterocycles. The highest BCUT2D eigenvalue weighted by Gasteiger charge is 2.52. The molecule has 6 nitrogen and oxygen atoms in total. The van der Waals surface area contributed by atoms with Crippen molar-refractivity contribution >= 4 is 32.3 Å². The topological polar surface area (TPSA) is 104 Å². The van der Waals surface area contributed by atoms with E-state index in [0.717, 1.165) is 10.4 Å². The molecule has 1 atom stereocenters. The molecular weight excluding hydrogens is 395 g/mol. The van der Waals surface area contributed by atoms with Crippen molar-refractivity contribution in [3.05, 3.63) is 60.7 Å². The van der Waals surface area contributed by atoms with Crippen molar-refractivity contribution in [3.8, 4) is 0 Å². The highest BCUT2D eigenvalue weighted by Crippen LogP contribution is 2.41. The highest BCUT2D eigenvalue weighted by molar-refractivity contribution is 7.51. The van der Waals surface area contributed by atoms with Crippen LogP contribution < -0.4 is 10.4 Å². The summed E-state index contributed by atoms with van der Waals surface area (Å²) in [7, 11) is -7.55. The number of carbonyl (C=O) groups is 1. The molecule has 0 amide bonds. The van der Waals surface area contributed by atoms with Crippen molar-refractivity contribution in [1.29, 1.82) is 0 Å². The third-order valence-corrected chi connectivity index (χ3v) is 10.6. The average Bonchev–Trinajstić information content (AvgIpc) is 2.58. The van der Waals surface area contributed by atoms with Crippen LogP contribution in [0, 0.1) is 0 Å². The van der Waals surface area contributed by atoms with Crippen LogP contribution in [0.3, 0.4) is 0 Å². The van der Waals surface area contributed by atoms with E-state index in [1.165, 1.54) is 0 Å². The highest BCUT2D eigenvalue weighted by atomic mass is 31.2. The summed E-state index contributed by atoms with van der Waals surface area (Å²) < 4.78 is 18.2. The molecule has 0 aliphatic carbocycles. The van der Waals surface area contributed by atoms with Gasteiger partial charge in [0.25, 0.3) is 8.32 Å². The Hall–Kier alpha value is -1.76. The Morgan fingerprint density at radius 3 is 1.75 bits per heavy atom. The second-order valence-corrected chi connectivity index (χ2v) is 13.8. The monoisotopic (exact) mass is 422 g/mol. The van der Waals surface area contributed by atoms with Crippen LogP contribution in [0.2, 0.25) is 5.04 Å². The van der Waals surface area contributed by atoms with E-state index in [1.807, 2.05) is 81.4 Å².